The summed E-state index contributed by atoms with van der Waals surface area (Å²) in [7, 11) is -2.22. The Balaban J connectivity index is 1.13. The first-order valence-corrected chi connectivity index (χ1v) is 22.6. The molecular formula is C43H56N4O9S. The summed E-state index contributed by atoms with van der Waals surface area (Å²) in [6, 6.07) is 6.76. The third kappa shape index (κ3) is 8.44. The lowest BCUT2D eigenvalue weighted by molar-refractivity contribution is -0.146. The summed E-state index contributed by atoms with van der Waals surface area (Å²) in [5, 5.41) is 0.327. The van der Waals surface area contributed by atoms with Crippen molar-refractivity contribution in [2.75, 3.05) is 33.4 Å². The van der Waals surface area contributed by atoms with Crippen LogP contribution in [-0.4, -0.2) is 104 Å². The van der Waals surface area contributed by atoms with Crippen molar-refractivity contribution in [1.29, 1.82) is 0 Å². The largest absolute Gasteiger partial charge is 0.497 e. The number of Topliss-reactive ketones (excluding diaryl/α,β-unsaturated/α-hetero) is 1. The molecule has 5 fully saturated rings. The predicted octanol–water partition coefficient (Wildman–Crippen LogP) is 5.20. The van der Waals surface area contributed by atoms with Crippen LogP contribution in [0.5, 0.6) is 11.6 Å². The number of nitrogens with one attached hydrogen (secondary N) is 1. The zero-order valence-corrected chi connectivity index (χ0v) is 34.0. The van der Waals surface area contributed by atoms with E-state index in [9.17, 15) is 22.8 Å². The minimum atomic E-state index is -3.82. The first-order chi connectivity index (χ1) is 27.5. The normalized spacial score (nSPS) is 30.6. The number of pyridine rings is 1. The van der Waals surface area contributed by atoms with Crippen LogP contribution in [0.15, 0.2) is 30.3 Å². The highest BCUT2D eigenvalue weighted by Gasteiger charge is 2.62. The van der Waals surface area contributed by atoms with E-state index in [0.29, 0.717) is 62.5 Å². The first-order valence-electron chi connectivity index (χ1n) is 21.1. The lowest BCUT2D eigenvalue weighted by Crippen LogP contribution is -2.48. The summed E-state index contributed by atoms with van der Waals surface area (Å²) in [6.45, 7) is 3.70. The molecule has 3 amide bonds. The topological polar surface area (TPSA) is 162 Å². The summed E-state index contributed by atoms with van der Waals surface area (Å²) in [6.07, 6.45) is 11.4. The molecule has 8 rings (SSSR count). The summed E-state index contributed by atoms with van der Waals surface area (Å²) in [4.78, 5) is 65.7. The Kier molecular flexibility index (Phi) is 11.4. The molecule has 4 bridgehead atoms. The number of fused-ring (bicyclic) bond motifs is 6. The number of hydrogen-bond acceptors (Lipinski definition) is 10. The van der Waals surface area contributed by atoms with Gasteiger partial charge >= 0.3 is 0 Å². The molecule has 0 radical (unpaired) electrons. The maximum atomic E-state index is 15.0. The molecular weight excluding hydrogens is 749 g/mol. The Hall–Kier alpha value is -4.04. The summed E-state index contributed by atoms with van der Waals surface area (Å²) >= 11 is 0. The van der Waals surface area contributed by atoms with E-state index in [1.54, 1.807) is 12.0 Å². The fourth-order valence-corrected chi connectivity index (χ4v) is 11.2. The zero-order chi connectivity index (χ0) is 39.9. The van der Waals surface area contributed by atoms with Crippen LogP contribution < -0.4 is 14.2 Å². The van der Waals surface area contributed by atoms with Gasteiger partial charge in [-0.1, -0.05) is 38.3 Å². The average molecular weight is 805 g/mol. The van der Waals surface area contributed by atoms with E-state index < -0.39 is 44.7 Å². The van der Waals surface area contributed by atoms with Crippen molar-refractivity contribution in [3.8, 4) is 11.6 Å². The van der Waals surface area contributed by atoms with Crippen LogP contribution in [0, 0.1) is 23.2 Å². The quantitative estimate of drug-likeness (QED) is 0.357. The molecule has 14 heteroatoms. The van der Waals surface area contributed by atoms with Gasteiger partial charge in [0.1, 0.15) is 11.9 Å². The maximum absolute atomic E-state index is 15.0. The van der Waals surface area contributed by atoms with Gasteiger partial charge in [0.05, 0.1) is 42.0 Å². The molecule has 308 valence electrons. The number of ketones is 1. The van der Waals surface area contributed by atoms with Crippen LogP contribution in [-0.2, 0) is 33.9 Å². The molecule has 2 saturated heterocycles. The van der Waals surface area contributed by atoms with Crippen LogP contribution in [0.4, 0.5) is 0 Å². The molecule has 13 nitrogen and oxygen atoms in total. The van der Waals surface area contributed by atoms with Crippen molar-refractivity contribution in [2.24, 2.45) is 23.2 Å². The third-order valence-corrected chi connectivity index (χ3v) is 15.2. The number of benzene rings is 1. The van der Waals surface area contributed by atoms with Crippen molar-refractivity contribution >= 4 is 50.5 Å². The molecule has 1 aromatic heterocycles. The van der Waals surface area contributed by atoms with Gasteiger partial charge in [-0.05, 0) is 81.4 Å². The van der Waals surface area contributed by atoms with Gasteiger partial charge < -0.3 is 24.0 Å². The minimum absolute atomic E-state index is 0.00691. The fraction of sp³-hybridized carbons (Fsp3) is 0.651. The Labute approximate surface area is 335 Å². The van der Waals surface area contributed by atoms with Gasteiger partial charge in [0.15, 0.2) is 5.78 Å². The number of aromatic nitrogens is 1. The van der Waals surface area contributed by atoms with Crippen LogP contribution in [0.25, 0.3) is 17.0 Å². The summed E-state index contributed by atoms with van der Waals surface area (Å²) < 4.78 is 46.4. The number of hydrogen-bond donors (Lipinski definition) is 1. The van der Waals surface area contributed by atoms with E-state index in [1.807, 2.05) is 42.2 Å². The smallest absolute Gasteiger partial charge is 0.240 e. The van der Waals surface area contributed by atoms with Crippen LogP contribution >= 0.6 is 0 Å². The highest BCUT2D eigenvalue weighted by atomic mass is 32.2. The van der Waals surface area contributed by atoms with Crippen molar-refractivity contribution in [3.05, 3.63) is 35.9 Å². The highest BCUT2D eigenvalue weighted by Crippen LogP contribution is 2.58. The number of allylic oxidation sites excluding steroid dienone is 1. The zero-order valence-electron chi connectivity index (χ0n) is 33.2. The molecule has 6 atom stereocenters. The van der Waals surface area contributed by atoms with Gasteiger partial charge in [0.25, 0.3) is 0 Å². The molecule has 3 aliphatic heterocycles. The van der Waals surface area contributed by atoms with Crippen LogP contribution in [0.2, 0.25) is 0 Å². The Morgan fingerprint density at radius 1 is 1.04 bits per heavy atom. The molecule has 6 aliphatic rings. The van der Waals surface area contributed by atoms with E-state index in [2.05, 4.69) is 10.8 Å². The average Bonchev–Trinajstić information content (AvgIpc) is 3.97. The summed E-state index contributed by atoms with van der Waals surface area (Å²) in [5.41, 5.74) is 0.278. The number of sulfonamides is 1. The highest BCUT2D eigenvalue weighted by molar-refractivity contribution is 7.90. The SMILES string of the molecule is CC[C@H]1C[C@]1(CC(=O)[C@@H]1C[C@@H]2CN1C(=O)[C@H](C1CCCC1)CC(=O)N1CC[C@@H](C1)OCCC/C=C/c1cc3ccc(OC)cc3nc1O2)C(=O)NS(=O)(=O)C1CC1. The van der Waals surface area contributed by atoms with Crippen molar-refractivity contribution < 1.29 is 41.8 Å². The molecule has 57 heavy (non-hydrogen) atoms. The van der Waals surface area contributed by atoms with Crippen molar-refractivity contribution in [1.82, 2.24) is 19.5 Å². The second-order valence-corrected chi connectivity index (χ2v) is 19.2. The predicted molar refractivity (Wildman–Crippen MR) is 213 cm³/mol. The van der Waals surface area contributed by atoms with Gasteiger partial charge in [-0.3, -0.25) is 23.9 Å². The second kappa shape index (κ2) is 16.3. The fourth-order valence-electron chi connectivity index (χ4n) is 9.79. The van der Waals surface area contributed by atoms with Crippen LogP contribution in [0.1, 0.15) is 102 Å². The molecule has 2 aromatic rings. The lowest BCUT2D eigenvalue weighted by Gasteiger charge is -2.32. The number of carbonyl (C=O) groups excluding carboxylic acids is 4. The van der Waals surface area contributed by atoms with Gasteiger partial charge in [0.2, 0.25) is 33.6 Å². The van der Waals surface area contributed by atoms with E-state index in [-0.39, 0.29) is 61.3 Å². The van der Waals surface area contributed by atoms with E-state index >= 15 is 4.79 Å². The van der Waals surface area contributed by atoms with Gasteiger partial charge in [-0.2, -0.15) is 0 Å². The molecule has 3 aliphatic carbocycles. The van der Waals surface area contributed by atoms with Crippen molar-refractivity contribution in [2.45, 2.75) is 120 Å². The van der Waals surface area contributed by atoms with Gasteiger partial charge in [-0.25, -0.2) is 13.4 Å². The molecule has 0 spiro atoms. The number of rotatable bonds is 9. The first kappa shape index (κ1) is 39.8. The number of carbonyl (C=O) groups is 4. The number of amides is 3. The Morgan fingerprint density at radius 3 is 2.58 bits per heavy atom. The van der Waals surface area contributed by atoms with Gasteiger partial charge in [0, 0.05) is 61.9 Å². The number of nitrogens with zero attached hydrogens (tertiary/aromatic N) is 3. The van der Waals surface area contributed by atoms with E-state index in [4.69, 9.17) is 19.2 Å². The monoisotopic (exact) mass is 804 g/mol. The number of methoxy groups -OCH3 is 1. The molecule has 4 heterocycles. The van der Waals surface area contributed by atoms with E-state index in [0.717, 1.165) is 55.9 Å². The molecule has 1 aromatic carbocycles. The third-order valence-electron chi connectivity index (χ3n) is 13.4. The standard InChI is InChI=1S/C43H56N4O9S/c1-3-30-23-43(30,42(51)45-57(52,53)34-14-15-34)24-38(48)37-21-33-26-47(37)41(50)35(27-9-6-7-10-27)22-39(49)46-17-16-32(25-46)55-18-8-4-5-11-29-19-28-12-13-31(54-2)20-36(28)44-40(29)56-33/h5,11-13,19-20,27,30,32-35,37H,3-4,6-10,14-18,21-26H2,1-2H3,(H,45,51)/b11-5+/t30-,32-,33+,35-,37-,43+/m0/s1. The Bertz CT molecular complexity index is 2030. The second-order valence-electron chi connectivity index (χ2n) is 17.2. The lowest BCUT2D eigenvalue weighted by atomic mass is 9.85. The van der Waals surface area contributed by atoms with Crippen LogP contribution in [0.3, 0.4) is 0 Å². The molecule has 0 unspecified atom stereocenters. The summed E-state index contributed by atoms with van der Waals surface area (Å²) in [5.74, 6) is -0.953. The molecule has 1 N–H and O–H groups in total. The number of ether oxygens (including phenoxy) is 3. The van der Waals surface area contributed by atoms with E-state index in [1.165, 1.54) is 0 Å². The van der Waals surface area contributed by atoms with Crippen molar-refractivity contribution in [3.63, 3.8) is 0 Å². The minimum Gasteiger partial charge on any atom is -0.497 e. The van der Waals surface area contributed by atoms with Gasteiger partial charge in [-0.15, -0.1) is 0 Å². The molecule has 3 saturated carbocycles. The maximum Gasteiger partial charge on any atom is 0.240 e. The Morgan fingerprint density at radius 2 is 1.84 bits per heavy atom.